The van der Waals surface area contributed by atoms with E-state index in [1.54, 1.807) is 48.5 Å². The molecule has 0 heterocycles. The zero-order valence-corrected chi connectivity index (χ0v) is 15.1. The smallest absolute Gasteiger partial charge is 0.273 e. The number of nitrogens with zero attached hydrogens (tertiary/aromatic N) is 1. The van der Waals surface area contributed by atoms with Gasteiger partial charge in [-0.25, -0.2) is 0 Å². The van der Waals surface area contributed by atoms with Gasteiger partial charge in [0.15, 0.2) is 7.14 Å². The zero-order chi connectivity index (χ0) is 18.6. The third-order valence-corrected chi connectivity index (χ3v) is 7.29. The van der Waals surface area contributed by atoms with E-state index in [4.69, 9.17) is 4.74 Å². The van der Waals surface area contributed by atoms with Crippen LogP contribution in [0.2, 0.25) is 0 Å². The number of rotatable bonds is 6. The van der Waals surface area contributed by atoms with E-state index in [0.717, 1.165) is 0 Å². The number of hydrogen-bond donors (Lipinski definition) is 0. The Labute approximate surface area is 151 Å². The molecule has 26 heavy (non-hydrogen) atoms. The molecule has 3 aromatic rings. The average molecular weight is 367 g/mol. The Morgan fingerprint density at radius 3 is 2.23 bits per heavy atom. The Morgan fingerprint density at radius 2 is 1.54 bits per heavy atom. The zero-order valence-electron chi connectivity index (χ0n) is 14.2. The largest absolute Gasteiger partial charge is 0.496 e. The van der Waals surface area contributed by atoms with Crippen molar-refractivity contribution < 1.29 is 14.2 Å². The molecule has 0 bridgehead atoms. The fourth-order valence-electron chi connectivity index (χ4n) is 2.98. The molecular weight excluding hydrogens is 349 g/mol. The molecule has 0 aliphatic carbocycles. The maximum absolute atomic E-state index is 14.2. The van der Waals surface area contributed by atoms with E-state index in [9.17, 15) is 14.7 Å². The average Bonchev–Trinajstić information content (AvgIpc) is 2.68. The van der Waals surface area contributed by atoms with Gasteiger partial charge in [-0.2, -0.15) is 0 Å². The predicted octanol–water partition coefficient (Wildman–Crippen LogP) is 4.12. The predicted molar refractivity (Wildman–Crippen MR) is 103 cm³/mol. The standard InChI is InChI=1S/C20H18NO4P/c1-25-19-13-7-8-14-20(19)26(24,17-10-3-2-4-11-17)15-16-9-5-6-12-18(16)21(22)23/h2-14H,15H2,1H3/t26-/m1/s1. The topological polar surface area (TPSA) is 69.4 Å². The maximum atomic E-state index is 14.2. The lowest BCUT2D eigenvalue weighted by molar-refractivity contribution is -0.385. The molecule has 0 saturated carbocycles. The first kappa shape index (κ1) is 17.9. The lowest BCUT2D eigenvalue weighted by atomic mass is 10.2. The van der Waals surface area contributed by atoms with Crippen LogP contribution >= 0.6 is 7.14 Å². The third-order valence-electron chi connectivity index (χ3n) is 4.23. The van der Waals surface area contributed by atoms with Crippen molar-refractivity contribution in [1.82, 2.24) is 0 Å². The number of benzene rings is 3. The Kier molecular flexibility index (Phi) is 5.19. The van der Waals surface area contributed by atoms with Crippen LogP contribution in [0, 0.1) is 10.1 Å². The van der Waals surface area contributed by atoms with Gasteiger partial charge in [-0.3, -0.25) is 10.1 Å². The summed E-state index contributed by atoms with van der Waals surface area (Å²) in [4.78, 5) is 11.0. The lowest BCUT2D eigenvalue weighted by Crippen LogP contribution is -2.19. The summed E-state index contributed by atoms with van der Waals surface area (Å²) in [5, 5.41) is 12.6. The molecule has 3 rings (SSSR count). The molecule has 0 N–H and O–H groups in total. The van der Waals surface area contributed by atoms with Gasteiger partial charge in [0, 0.05) is 23.1 Å². The van der Waals surface area contributed by atoms with E-state index < -0.39 is 12.1 Å². The van der Waals surface area contributed by atoms with Crippen LogP contribution < -0.4 is 15.3 Å². The molecule has 0 aromatic heterocycles. The number of ether oxygens (including phenoxy) is 1. The van der Waals surface area contributed by atoms with Crippen molar-refractivity contribution in [2.45, 2.75) is 6.16 Å². The minimum atomic E-state index is -3.20. The van der Waals surface area contributed by atoms with Crippen molar-refractivity contribution >= 4 is 23.4 Å². The number of hydrogen-bond acceptors (Lipinski definition) is 4. The van der Waals surface area contributed by atoms with E-state index >= 15 is 0 Å². The van der Waals surface area contributed by atoms with Crippen molar-refractivity contribution in [3.8, 4) is 5.75 Å². The summed E-state index contributed by atoms with van der Waals surface area (Å²) in [6.07, 6.45) is 0.0501. The molecule has 0 unspecified atom stereocenters. The molecule has 0 aliphatic heterocycles. The van der Waals surface area contributed by atoms with Crippen LogP contribution in [0.1, 0.15) is 5.56 Å². The first-order valence-corrected chi connectivity index (χ1v) is 9.96. The van der Waals surface area contributed by atoms with E-state index in [1.807, 2.05) is 24.3 Å². The first-order valence-electron chi connectivity index (χ1n) is 8.07. The summed E-state index contributed by atoms with van der Waals surface area (Å²) in [5.74, 6) is 0.512. The highest BCUT2D eigenvalue weighted by Crippen LogP contribution is 2.50. The van der Waals surface area contributed by atoms with Crippen molar-refractivity contribution in [2.24, 2.45) is 0 Å². The molecule has 0 aliphatic rings. The van der Waals surface area contributed by atoms with Gasteiger partial charge in [-0.05, 0) is 12.1 Å². The number of nitro benzene ring substituents is 1. The summed E-state index contributed by atoms with van der Waals surface area (Å²) in [6, 6.07) is 22.6. The highest BCUT2D eigenvalue weighted by Gasteiger charge is 2.32. The third kappa shape index (κ3) is 3.39. The second-order valence-electron chi connectivity index (χ2n) is 5.79. The first-order chi connectivity index (χ1) is 12.6. The molecule has 6 heteroatoms. The Bertz CT molecular complexity index is 972. The molecular formula is C20H18NO4P. The molecule has 1 atom stereocenters. The van der Waals surface area contributed by atoms with Crippen LogP contribution in [0.5, 0.6) is 5.75 Å². The van der Waals surface area contributed by atoms with Gasteiger partial charge < -0.3 is 9.30 Å². The molecule has 3 aromatic carbocycles. The summed E-state index contributed by atoms with van der Waals surface area (Å²) >= 11 is 0. The quantitative estimate of drug-likeness (QED) is 0.373. The minimum absolute atomic E-state index is 0.0291. The van der Waals surface area contributed by atoms with Gasteiger partial charge in [0.1, 0.15) is 5.75 Å². The molecule has 0 fully saturated rings. The number of methoxy groups -OCH3 is 1. The maximum Gasteiger partial charge on any atom is 0.273 e. The molecule has 0 amide bonds. The van der Waals surface area contributed by atoms with Gasteiger partial charge in [-0.15, -0.1) is 0 Å². The summed E-state index contributed by atoms with van der Waals surface area (Å²) in [7, 11) is -1.67. The Hall–Kier alpha value is -2.91. The van der Waals surface area contributed by atoms with Gasteiger partial charge in [0.25, 0.3) is 5.69 Å². The second-order valence-corrected chi connectivity index (χ2v) is 8.58. The molecule has 5 nitrogen and oxygen atoms in total. The molecule has 0 radical (unpaired) electrons. The summed E-state index contributed by atoms with van der Waals surface area (Å²) in [5.41, 5.74) is 0.411. The van der Waals surface area contributed by atoms with Crippen LogP contribution in [0.4, 0.5) is 5.69 Å². The lowest BCUT2D eigenvalue weighted by Gasteiger charge is -2.21. The SMILES string of the molecule is COc1ccccc1[P@@](=O)(Cc1ccccc1[N+](=O)[O-])c1ccccc1. The van der Waals surface area contributed by atoms with Gasteiger partial charge in [-0.1, -0.05) is 60.7 Å². The van der Waals surface area contributed by atoms with Gasteiger partial charge >= 0.3 is 0 Å². The normalized spacial score (nSPS) is 13.0. The van der Waals surface area contributed by atoms with E-state index in [-0.39, 0.29) is 11.8 Å². The van der Waals surface area contributed by atoms with Crippen molar-refractivity contribution in [3.05, 3.63) is 94.5 Å². The van der Waals surface area contributed by atoms with Crippen molar-refractivity contribution in [1.29, 1.82) is 0 Å². The monoisotopic (exact) mass is 367 g/mol. The highest BCUT2D eigenvalue weighted by molar-refractivity contribution is 7.78. The van der Waals surface area contributed by atoms with E-state index in [0.29, 0.717) is 21.9 Å². The summed E-state index contributed by atoms with van der Waals surface area (Å²) in [6.45, 7) is 0. The van der Waals surface area contributed by atoms with Crippen LogP contribution in [0.15, 0.2) is 78.9 Å². The van der Waals surface area contributed by atoms with E-state index in [1.165, 1.54) is 13.2 Å². The highest BCUT2D eigenvalue weighted by atomic mass is 31.2. The fourth-order valence-corrected chi connectivity index (χ4v) is 5.86. The van der Waals surface area contributed by atoms with Gasteiger partial charge in [0.2, 0.25) is 0 Å². The molecule has 0 saturated heterocycles. The fraction of sp³-hybridized carbons (Fsp3) is 0.100. The second kappa shape index (κ2) is 7.54. The van der Waals surface area contributed by atoms with Crippen LogP contribution in [0.3, 0.4) is 0 Å². The number of nitro groups is 1. The van der Waals surface area contributed by atoms with Crippen molar-refractivity contribution in [3.63, 3.8) is 0 Å². The molecule has 132 valence electrons. The van der Waals surface area contributed by atoms with Crippen LogP contribution in [-0.4, -0.2) is 12.0 Å². The van der Waals surface area contributed by atoms with E-state index in [2.05, 4.69) is 0 Å². The number of para-hydroxylation sites is 2. The van der Waals surface area contributed by atoms with Crippen LogP contribution in [-0.2, 0) is 10.7 Å². The minimum Gasteiger partial charge on any atom is -0.496 e. The Balaban J connectivity index is 2.21. The van der Waals surface area contributed by atoms with Gasteiger partial charge in [0.05, 0.1) is 17.3 Å². The van der Waals surface area contributed by atoms with Crippen molar-refractivity contribution in [2.75, 3.05) is 7.11 Å². The Morgan fingerprint density at radius 1 is 0.923 bits per heavy atom. The summed E-state index contributed by atoms with van der Waals surface area (Å²) < 4.78 is 19.7. The molecule has 0 spiro atoms. The van der Waals surface area contributed by atoms with Crippen LogP contribution in [0.25, 0.3) is 0 Å².